The third-order valence-corrected chi connectivity index (χ3v) is 3.57. The van der Waals surface area contributed by atoms with E-state index in [2.05, 4.69) is 58.0 Å². The van der Waals surface area contributed by atoms with Gasteiger partial charge in [-0.2, -0.15) is 0 Å². The molecular formula is C18H22O. The van der Waals surface area contributed by atoms with Gasteiger partial charge < -0.3 is 4.74 Å². The van der Waals surface area contributed by atoms with E-state index in [4.69, 9.17) is 4.74 Å². The largest absolute Gasteiger partial charge is 0.489 e. The monoisotopic (exact) mass is 254 g/mol. The van der Waals surface area contributed by atoms with Gasteiger partial charge in [-0.25, -0.2) is 0 Å². The predicted octanol–water partition coefficient (Wildman–Crippen LogP) is 4.75. The summed E-state index contributed by atoms with van der Waals surface area (Å²) in [4.78, 5) is 0. The number of ether oxygens (including phenoxy) is 1. The van der Waals surface area contributed by atoms with Crippen molar-refractivity contribution in [3.05, 3.63) is 64.2 Å². The van der Waals surface area contributed by atoms with Crippen molar-refractivity contribution in [2.24, 2.45) is 0 Å². The fourth-order valence-corrected chi connectivity index (χ4v) is 2.52. The van der Waals surface area contributed by atoms with Crippen LogP contribution in [-0.2, 0) is 13.0 Å². The Bertz CT molecular complexity index is 547. The van der Waals surface area contributed by atoms with Gasteiger partial charge in [0, 0.05) is 0 Å². The average molecular weight is 254 g/mol. The molecule has 0 unspecified atom stereocenters. The van der Waals surface area contributed by atoms with E-state index in [1.807, 2.05) is 6.07 Å². The van der Waals surface area contributed by atoms with Gasteiger partial charge in [-0.3, -0.25) is 0 Å². The summed E-state index contributed by atoms with van der Waals surface area (Å²) in [6.45, 7) is 9.26. The molecule has 0 saturated carbocycles. The van der Waals surface area contributed by atoms with Gasteiger partial charge >= 0.3 is 0 Å². The van der Waals surface area contributed by atoms with Gasteiger partial charge in [-0.1, -0.05) is 42.8 Å². The highest BCUT2D eigenvalue weighted by Gasteiger charge is 2.06. The molecule has 0 atom stereocenters. The van der Waals surface area contributed by atoms with Gasteiger partial charge in [0.05, 0.1) is 0 Å². The van der Waals surface area contributed by atoms with Crippen LogP contribution in [0.2, 0.25) is 0 Å². The third-order valence-electron chi connectivity index (χ3n) is 3.57. The fourth-order valence-electron chi connectivity index (χ4n) is 2.52. The Kier molecular flexibility index (Phi) is 4.26. The van der Waals surface area contributed by atoms with Crippen LogP contribution in [0.4, 0.5) is 0 Å². The molecule has 0 bridgehead atoms. The van der Waals surface area contributed by atoms with Crippen molar-refractivity contribution in [1.82, 2.24) is 0 Å². The van der Waals surface area contributed by atoms with Gasteiger partial charge in [-0.05, 0) is 55.5 Å². The van der Waals surface area contributed by atoms with Gasteiger partial charge in [0.1, 0.15) is 12.4 Å². The molecule has 0 radical (unpaired) electrons. The summed E-state index contributed by atoms with van der Waals surface area (Å²) < 4.78 is 6.02. The first-order valence-electron chi connectivity index (χ1n) is 6.89. The minimum atomic E-state index is 0.648. The molecule has 2 aromatic carbocycles. The zero-order valence-electron chi connectivity index (χ0n) is 12.3. The molecule has 0 spiro atoms. The molecule has 0 fully saturated rings. The van der Waals surface area contributed by atoms with Crippen molar-refractivity contribution in [3.63, 3.8) is 0 Å². The Morgan fingerprint density at radius 1 is 0.947 bits per heavy atom. The minimum absolute atomic E-state index is 0.648. The van der Waals surface area contributed by atoms with E-state index < -0.39 is 0 Å². The molecule has 0 heterocycles. The lowest BCUT2D eigenvalue weighted by Crippen LogP contribution is -2.02. The average Bonchev–Trinajstić information content (AvgIpc) is 2.38. The van der Waals surface area contributed by atoms with Gasteiger partial charge in [-0.15, -0.1) is 0 Å². The second-order valence-electron chi connectivity index (χ2n) is 5.13. The van der Waals surface area contributed by atoms with Gasteiger partial charge in [0.15, 0.2) is 0 Å². The Labute approximate surface area is 116 Å². The summed E-state index contributed by atoms with van der Waals surface area (Å²) in [5.74, 6) is 1.00. The lowest BCUT2D eigenvalue weighted by atomic mass is 10.0. The van der Waals surface area contributed by atoms with Crippen molar-refractivity contribution in [3.8, 4) is 5.75 Å². The quantitative estimate of drug-likeness (QED) is 0.764. The van der Waals surface area contributed by atoms with Crippen LogP contribution in [-0.4, -0.2) is 0 Å². The second-order valence-corrected chi connectivity index (χ2v) is 5.13. The molecule has 0 amide bonds. The maximum absolute atomic E-state index is 6.02. The molecule has 100 valence electrons. The van der Waals surface area contributed by atoms with Gasteiger partial charge in [0.2, 0.25) is 0 Å². The van der Waals surface area contributed by atoms with Crippen LogP contribution < -0.4 is 4.74 Å². The molecule has 0 N–H and O–H groups in total. The van der Waals surface area contributed by atoms with Crippen molar-refractivity contribution >= 4 is 0 Å². The van der Waals surface area contributed by atoms with Crippen LogP contribution in [0.25, 0.3) is 0 Å². The fraction of sp³-hybridized carbons (Fsp3) is 0.333. The maximum Gasteiger partial charge on any atom is 0.122 e. The molecular weight excluding hydrogens is 232 g/mol. The van der Waals surface area contributed by atoms with E-state index in [1.54, 1.807) is 0 Å². The molecule has 2 rings (SSSR count). The summed E-state index contributed by atoms with van der Waals surface area (Å²) in [5.41, 5.74) is 6.51. The number of benzene rings is 2. The van der Waals surface area contributed by atoms with Crippen LogP contribution in [0.3, 0.4) is 0 Å². The Morgan fingerprint density at radius 3 is 2.21 bits per heavy atom. The second kappa shape index (κ2) is 5.92. The molecule has 19 heavy (non-hydrogen) atoms. The molecule has 1 heteroatoms. The number of hydrogen-bond donors (Lipinski definition) is 0. The highest BCUT2D eigenvalue weighted by Crippen LogP contribution is 2.22. The summed E-state index contributed by atoms with van der Waals surface area (Å²) in [6, 6.07) is 12.7. The number of rotatable bonds is 4. The van der Waals surface area contributed by atoms with E-state index in [1.165, 1.54) is 27.8 Å². The van der Waals surface area contributed by atoms with Crippen LogP contribution in [0.15, 0.2) is 36.4 Å². The molecule has 0 aliphatic rings. The topological polar surface area (TPSA) is 9.23 Å². The zero-order chi connectivity index (χ0) is 13.8. The molecule has 0 aliphatic heterocycles. The van der Waals surface area contributed by atoms with Crippen molar-refractivity contribution < 1.29 is 4.74 Å². The number of hydrogen-bond acceptors (Lipinski definition) is 1. The first-order chi connectivity index (χ1) is 9.11. The standard InChI is InChI=1S/C18H22O/c1-5-16-8-6-7-9-18(16)19-12-17-14(3)10-13(2)11-15(17)4/h6-11H,5,12H2,1-4H3. The van der Waals surface area contributed by atoms with E-state index in [0.717, 1.165) is 12.2 Å². The van der Waals surface area contributed by atoms with Crippen molar-refractivity contribution in [1.29, 1.82) is 0 Å². The molecule has 0 aromatic heterocycles. The van der Waals surface area contributed by atoms with E-state index >= 15 is 0 Å². The number of para-hydroxylation sites is 1. The Hall–Kier alpha value is -1.76. The van der Waals surface area contributed by atoms with E-state index in [9.17, 15) is 0 Å². The van der Waals surface area contributed by atoms with Crippen molar-refractivity contribution in [2.75, 3.05) is 0 Å². The zero-order valence-corrected chi connectivity index (χ0v) is 12.3. The highest BCUT2D eigenvalue weighted by molar-refractivity contribution is 5.38. The predicted molar refractivity (Wildman–Crippen MR) is 80.8 cm³/mol. The normalized spacial score (nSPS) is 10.5. The van der Waals surface area contributed by atoms with Crippen LogP contribution in [0.5, 0.6) is 5.75 Å². The summed E-state index contributed by atoms with van der Waals surface area (Å²) in [5, 5.41) is 0. The SMILES string of the molecule is CCc1ccccc1OCc1c(C)cc(C)cc1C. The smallest absolute Gasteiger partial charge is 0.122 e. The van der Waals surface area contributed by atoms with E-state index in [0.29, 0.717) is 6.61 Å². The van der Waals surface area contributed by atoms with Crippen LogP contribution in [0, 0.1) is 20.8 Å². The Morgan fingerprint density at radius 2 is 1.58 bits per heavy atom. The molecule has 2 aromatic rings. The summed E-state index contributed by atoms with van der Waals surface area (Å²) in [7, 11) is 0. The maximum atomic E-state index is 6.02. The van der Waals surface area contributed by atoms with Crippen LogP contribution in [0.1, 0.15) is 34.7 Å². The van der Waals surface area contributed by atoms with Crippen molar-refractivity contribution in [2.45, 2.75) is 40.7 Å². The third kappa shape index (κ3) is 3.17. The molecule has 1 nitrogen and oxygen atoms in total. The minimum Gasteiger partial charge on any atom is -0.489 e. The first-order valence-corrected chi connectivity index (χ1v) is 6.89. The highest BCUT2D eigenvalue weighted by atomic mass is 16.5. The molecule has 0 aliphatic carbocycles. The Balaban J connectivity index is 2.19. The van der Waals surface area contributed by atoms with Gasteiger partial charge in [0.25, 0.3) is 0 Å². The first kappa shape index (κ1) is 13.7. The lowest BCUT2D eigenvalue weighted by Gasteiger charge is -2.14. The molecule has 0 saturated heterocycles. The summed E-state index contributed by atoms with van der Waals surface area (Å²) >= 11 is 0. The summed E-state index contributed by atoms with van der Waals surface area (Å²) in [6.07, 6.45) is 1.00. The lowest BCUT2D eigenvalue weighted by molar-refractivity contribution is 0.301. The number of aryl methyl sites for hydroxylation is 4. The van der Waals surface area contributed by atoms with E-state index in [-0.39, 0.29) is 0 Å². The van der Waals surface area contributed by atoms with Crippen LogP contribution >= 0.6 is 0 Å².